The minimum atomic E-state index is -0.995. The van der Waals surface area contributed by atoms with Crippen molar-refractivity contribution < 1.29 is 14.6 Å². The molecule has 0 saturated carbocycles. The van der Waals surface area contributed by atoms with Gasteiger partial charge >= 0.3 is 5.97 Å². The molecule has 3 rings (SSSR count). The Labute approximate surface area is 168 Å². The molecule has 0 aliphatic heterocycles. The van der Waals surface area contributed by atoms with Gasteiger partial charge in [0.2, 0.25) is 5.88 Å². The molecule has 0 aliphatic rings. The highest BCUT2D eigenvalue weighted by atomic mass is 16.5. The highest BCUT2D eigenvalue weighted by molar-refractivity contribution is 5.88. The molecule has 0 amide bonds. The second-order valence-corrected chi connectivity index (χ2v) is 5.74. The number of nitriles is 1. The van der Waals surface area contributed by atoms with E-state index in [-0.39, 0.29) is 22.7 Å². The Morgan fingerprint density at radius 1 is 1.17 bits per heavy atom. The Morgan fingerprint density at radius 2 is 1.83 bits per heavy atom. The molecule has 8 nitrogen and oxygen atoms in total. The van der Waals surface area contributed by atoms with E-state index in [1.54, 1.807) is 19.1 Å². The molecule has 0 saturated heterocycles. The number of carboxylic acid groups (broad SMARTS) is 1. The van der Waals surface area contributed by atoms with Crippen LogP contribution in [0.25, 0.3) is 0 Å². The van der Waals surface area contributed by atoms with Crippen LogP contribution in [-0.4, -0.2) is 22.7 Å². The number of carboxylic acids is 1. The van der Waals surface area contributed by atoms with Crippen molar-refractivity contribution in [3.8, 4) is 11.9 Å². The second kappa shape index (κ2) is 10.2. The van der Waals surface area contributed by atoms with Gasteiger partial charge in [-0.3, -0.25) is 0 Å². The lowest BCUT2D eigenvalue weighted by molar-refractivity contribution is 0.0697. The molecule has 1 heterocycles. The Bertz CT molecular complexity index is 999. The monoisotopic (exact) mass is 391 g/mol. The van der Waals surface area contributed by atoms with Crippen molar-refractivity contribution in [1.29, 1.82) is 5.26 Å². The summed E-state index contributed by atoms with van der Waals surface area (Å²) in [6.45, 7) is 2.14. The Hall–Kier alpha value is -4.25. The SMILES string of the molecule is CCOc1nc(Nc2ccc(C(=O)O)cc2)cc(N)c1C#N.Nc1ccccc1. The molecule has 148 valence electrons. The third-order valence-corrected chi connectivity index (χ3v) is 3.61. The van der Waals surface area contributed by atoms with Crippen molar-refractivity contribution >= 4 is 28.8 Å². The fraction of sp³-hybridized carbons (Fsp3) is 0.0952. The molecule has 6 N–H and O–H groups in total. The van der Waals surface area contributed by atoms with Gasteiger partial charge in [0, 0.05) is 17.4 Å². The number of hydrogen-bond donors (Lipinski definition) is 4. The van der Waals surface area contributed by atoms with E-state index in [0.717, 1.165) is 5.69 Å². The number of nitrogens with two attached hydrogens (primary N) is 2. The number of aromatic carboxylic acids is 1. The van der Waals surface area contributed by atoms with Crippen LogP contribution < -0.4 is 21.5 Å². The highest BCUT2D eigenvalue weighted by Crippen LogP contribution is 2.27. The highest BCUT2D eigenvalue weighted by Gasteiger charge is 2.12. The van der Waals surface area contributed by atoms with Crippen LogP contribution in [0.4, 0.5) is 22.9 Å². The molecule has 29 heavy (non-hydrogen) atoms. The topological polar surface area (TPSA) is 147 Å². The number of nitrogen functional groups attached to an aromatic ring is 2. The van der Waals surface area contributed by atoms with Gasteiger partial charge < -0.3 is 26.6 Å². The van der Waals surface area contributed by atoms with Gasteiger partial charge in [-0.05, 0) is 43.3 Å². The van der Waals surface area contributed by atoms with E-state index in [4.69, 9.17) is 26.6 Å². The molecular weight excluding hydrogens is 370 g/mol. The van der Waals surface area contributed by atoms with Crippen LogP contribution in [0.5, 0.6) is 5.88 Å². The van der Waals surface area contributed by atoms with Crippen molar-refractivity contribution in [3.05, 3.63) is 71.8 Å². The summed E-state index contributed by atoms with van der Waals surface area (Å²) < 4.78 is 5.31. The summed E-state index contributed by atoms with van der Waals surface area (Å²) in [7, 11) is 0. The number of rotatable bonds is 5. The number of nitrogens with one attached hydrogen (secondary N) is 1. The maximum atomic E-state index is 10.8. The van der Waals surface area contributed by atoms with Crippen LogP contribution in [0.1, 0.15) is 22.8 Å². The third-order valence-electron chi connectivity index (χ3n) is 3.61. The third kappa shape index (κ3) is 6.15. The van der Waals surface area contributed by atoms with Gasteiger partial charge in [-0.2, -0.15) is 10.2 Å². The van der Waals surface area contributed by atoms with Gasteiger partial charge in [0.15, 0.2) is 0 Å². The summed E-state index contributed by atoms with van der Waals surface area (Å²) >= 11 is 0. The van der Waals surface area contributed by atoms with Crippen molar-refractivity contribution in [3.63, 3.8) is 0 Å². The molecule has 0 bridgehead atoms. The lowest BCUT2D eigenvalue weighted by atomic mass is 10.2. The number of aromatic nitrogens is 1. The molecule has 3 aromatic rings. The first-order valence-electron chi connectivity index (χ1n) is 8.69. The van der Waals surface area contributed by atoms with E-state index in [9.17, 15) is 4.79 Å². The van der Waals surface area contributed by atoms with E-state index in [1.165, 1.54) is 18.2 Å². The first-order chi connectivity index (χ1) is 13.9. The number of pyridine rings is 1. The molecule has 1 aromatic heterocycles. The number of anilines is 4. The van der Waals surface area contributed by atoms with Gasteiger partial charge in [-0.15, -0.1) is 0 Å². The quantitative estimate of drug-likeness (QED) is 0.482. The first-order valence-corrected chi connectivity index (χ1v) is 8.69. The van der Waals surface area contributed by atoms with Crippen molar-refractivity contribution in [2.45, 2.75) is 6.92 Å². The summed E-state index contributed by atoms with van der Waals surface area (Å²) in [4.78, 5) is 15.0. The number of benzene rings is 2. The van der Waals surface area contributed by atoms with Crippen LogP contribution in [-0.2, 0) is 0 Å². The molecular formula is C21H21N5O3. The van der Waals surface area contributed by atoms with Crippen LogP contribution in [0.15, 0.2) is 60.7 Å². The van der Waals surface area contributed by atoms with Crippen LogP contribution in [0.3, 0.4) is 0 Å². The summed E-state index contributed by atoms with van der Waals surface area (Å²) in [6, 6.07) is 19.1. The maximum absolute atomic E-state index is 10.8. The summed E-state index contributed by atoms with van der Waals surface area (Å²) in [5.74, 6) is -0.427. The summed E-state index contributed by atoms with van der Waals surface area (Å²) in [5.41, 5.74) is 13.3. The predicted octanol–water partition coefficient (Wildman–Crippen LogP) is 3.64. The minimum Gasteiger partial charge on any atom is -0.478 e. The fourth-order valence-corrected chi connectivity index (χ4v) is 2.26. The fourth-order valence-electron chi connectivity index (χ4n) is 2.26. The zero-order valence-electron chi connectivity index (χ0n) is 15.8. The molecule has 0 radical (unpaired) electrons. The normalized spacial score (nSPS) is 9.52. The number of hydrogen-bond acceptors (Lipinski definition) is 7. The van der Waals surface area contributed by atoms with E-state index in [0.29, 0.717) is 18.1 Å². The van der Waals surface area contributed by atoms with Crippen molar-refractivity contribution in [2.24, 2.45) is 0 Å². The smallest absolute Gasteiger partial charge is 0.335 e. The van der Waals surface area contributed by atoms with Gasteiger partial charge in [0.05, 0.1) is 17.9 Å². The number of ether oxygens (including phenoxy) is 1. The summed E-state index contributed by atoms with van der Waals surface area (Å²) in [6.07, 6.45) is 0. The predicted molar refractivity (Wildman–Crippen MR) is 112 cm³/mol. The van der Waals surface area contributed by atoms with Crippen molar-refractivity contribution in [2.75, 3.05) is 23.4 Å². The average molecular weight is 391 g/mol. The lowest BCUT2D eigenvalue weighted by Crippen LogP contribution is -2.04. The molecule has 0 unspecified atom stereocenters. The van der Waals surface area contributed by atoms with Crippen LogP contribution >= 0.6 is 0 Å². The van der Waals surface area contributed by atoms with E-state index >= 15 is 0 Å². The standard InChI is InChI=1S/C15H14N4O3.C6H7N/c1-2-22-14-11(8-16)12(17)7-13(19-14)18-10-5-3-9(4-6-10)15(20)21;7-6-4-2-1-3-5-6/h3-7H,2H2,1H3,(H,20,21)(H3,17,18,19);1-5H,7H2. The number of nitrogens with zero attached hydrogens (tertiary/aromatic N) is 2. The van der Waals surface area contributed by atoms with Crippen LogP contribution in [0, 0.1) is 11.3 Å². The van der Waals surface area contributed by atoms with Gasteiger partial charge in [-0.1, -0.05) is 18.2 Å². The maximum Gasteiger partial charge on any atom is 0.335 e. The van der Waals surface area contributed by atoms with E-state index in [1.807, 2.05) is 36.4 Å². The molecule has 0 atom stereocenters. The minimum absolute atomic E-state index is 0.162. The largest absolute Gasteiger partial charge is 0.478 e. The number of carbonyl (C=O) groups is 1. The number of para-hydroxylation sites is 1. The lowest BCUT2D eigenvalue weighted by Gasteiger charge is -2.11. The van der Waals surface area contributed by atoms with E-state index < -0.39 is 5.97 Å². The molecule has 0 aliphatic carbocycles. The molecule has 2 aromatic carbocycles. The average Bonchev–Trinajstić information content (AvgIpc) is 2.70. The first kappa shape index (κ1) is 21.1. The van der Waals surface area contributed by atoms with Crippen LogP contribution in [0.2, 0.25) is 0 Å². The Balaban J connectivity index is 0.000000360. The molecule has 0 spiro atoms. The Kier molecular flexibility index (Phi) is 7.39. The summed E-state index contributed by atoms with van der Waals surface area (Å²) in [5, 5.41) is 20.9. The second-order valence-electron chi connectivity index (χ2n) is 5.74. The van der Waals surface area contributed by atoms with Crippen molar-refractivity contribution in [1.82, 2.24) is 4.98 Å². The van der Waals surface area contributed by atoms with E-state index in [2.05, 4.69) is 10.3 Å². The molecule has 8 heteroatoms. The molecule has 0 fully saturated rings. The van der Waals surface area contributed by atoms with Gasteiger partial charge in [-0.25, -0.2) is 4.79 Å². The zero-order valence-corrected chi connectivity index (χ0v) is 15.8. The van der Waals surface area contributed by atoms with Gasteiger partial charge in [0.25, 0.3) is 0 Å². The zero-order chi connectivity index (χ0) is 21.2. The van der Waals surface area contributed by atoms with Gasteiger partial charge in [0.1, 0.15) is 17.5 Å². The Morgan fingerprint density at radius 3 is 2.31 bits per heavy atom.